The fourth-order valence-corrected chi connectivity index (χ4v) is 3.43. The van der Waals surface area contributed by atoms with Crippen molar-refractivity contribution >= 4 is 45.0 Å². The number of carboxylic acids is 1. The fraction of sp³-hybridized carbons (Fsp3) is 0.0833. The minimum atomic E-state index is -0.886. The highest BCUT2D eigenvalue weighted by Crippen LogP contribution is 2.27. The zero-order valence-corrected chi connectivity index (χ0v) is 11.9. The summed E-state index contributed by atoms with van der Waals surface area (Å²) in [5, 5.41) is 10.9. The smallest absolute Gasteiger partial charge is 0.335 e. The van der Waals surface area contributed by atoms with Gasteiger partial charge in [0.2, 0.25) is 0 Å². The first kappa shape index (κ1) is 12.7. The van der Waals surface area contributed by atoms with Gasteiger partial charge in [-0.25, -0.2) is 4.79 Å². The third-order valence-electron chi connectivity index (χ3n) is 2.13. The van der Waals surface area contributed by atoms with E-state index >= 15 is 0 Å². The molecule has 0 saturated heterocycles. The van der Waals surface area contributed by atoms with Crippen molar-refractivity contribution in [2.45, 2.75) is 10.6 Å². The van der Waals surface area contributed by atoms with Gasteiger partial charge in [0.15, 0.2) is 0 Å². The Morgan fingerprint density at radius 1 is 1.35 bits per heavy atom. The van der Waals surface area contributed by atoms with Gasteiger partial charge in [0.05, 0.1) is 9.35 Å². The molecule has 0 aliphatic carbocycles. The third kappa shape index (κ3) is 3.59. The lowest BCUT2D eigenvalue weighted by atomic mass is 10.2. The molecule has 2 nitrogen and oxygen atoms in total. The normalized spacial score (nSPS) is 10.4. The van der Waals surface area contributed by atoms with E-state index < -0.39 is 5.97 Å². The summed E-state index contributed by atoms with van der Waals surface area (Å²) in [5.41, 5.74) is 1.60. The summed E-state index contributed by atoms with van der Waals surface area (Å²) in [6.07, 6.45) is 0. The molecule has 5 heteroatoms. The minimum absolute atomic E-state index is 0.327. The maximum Gasteiger partial charge on any atom is 0.335 e. The number of benzene rings is 1. The predicted molar refractivity (Wildman–Crippen MR) is 75.0 cm³/mol. The van der Waals surface area contributed by atoms with Gasteiger partial charge in [0, 0.05) is 10.6 Å². The molecule has 0 atom stereocenters. The molecule has 0 bridgehead atoms. The first-order valence-electron chi connectivity index (χ1n) is 4.84. The number of carboxylic acid groups (broad SMARTS) is 1. The second-order valence-corrected chi connectivity index (χ2v) is 6.72. The van der Waals surface area contributed by atoms with Gasteiger partial charge in [-0.05, 0) is 57.2 Å². The molecule has 0 amide bonds. The van der Waals surface area contributed by atoms with Gasteiger partial charge in [-0.2, -0.15) is 0 Å². The maximum atomic E-state index is 10.7. The maximum absolute atomic E-state index is 10.7. The van der Waals surface area contributed by atoms with Gasteiger partial charge in [0.1, 0.15) is 0 Å². The monoisotopic (exact) mass is 328 g/mol. The van der Waals surface area contributed by atoms with Crippen molar-refractivity contribution in [1.82, 2.24) is 0 Å². The van der Waals surface area contributed by atoms with E-state index in [4.69, 9.17) is 5.11 Å². The molecule has 1 heterocycles. The van der Waals surface area contributed by atoms with Gasteiger partial charge in [-0.1, -0.05) is 0 Å². The largest absolute Gasteiger partial charge is 0.478 e. The number of thiophene rings is 1. The lowest BCUT2D eigenvalue weighted by Crippen LogP contribution is -1.94. The van der Waals surface area contributed by atoms with E-state index in [1.807, 2.05) is 12.1 Å². The lowest BCUT2D eigenvalue weighted by molar-refractivity contribution is 0.0697. The molecule has 0 aliphatic heterocycles. The van der Waals surface area contributed by atoms with Crippen LogP contribution in [0.1, 0.15) is 15.9 Å². The first-order valence-corrected chi connectivity index (χ1v) is 7.50. The van der Waals surface area contributed by atoms with Crippen LogP contribution < -0.4 is 0 Å². The molecular formula is C12H9BrO2S2. The van der Waals surface area contributed by atoms with Crippen molar-refractivity contribution in [2.75, 3.05) is 0 Å². The Labute approximate surface area is 116 Å². The second kappa shape index (κ2) is 5.71. The van der Waals surface area contributed by atoms with E-state index in [9.17, 15) is 4.79 Å². The molecule has 0 saturated carbocycles. The highest BCUT2D eigenvalue weighted by Gasteiger charge is 2.03. The molecule has 2 rings (SSSR count). The van der Waals surface area contributed by atoms with Crippen LogP contribution in [0.25, 0.3) is 0 Å². The molecule has 2 aromatic rings. The van der Waals surface area contributed by atoms with Crippen LogP contribution in [0.4, 0.5) is 0 Å². The van der Waals surface area contributed by atoms with Crippen LogP contribution in [-0.4, -0.2) is 11.1 Å². The summed E-state index contributed by atoms with van der Waals surface area (Å²) in [7, 11) is 0. The van der Waals surface area contributed by atoms with Crippen molar-refractivity contribution in [3.8, 4) is 0 Å². The van der Waals surface area contributed by atoms with Crippen LogP contribution in [0.3, 0.4) is 0 Å². The molecule has 0 unspecified atom stereocenters. The Balaban J connectivity index is 1.97. The van der Waals surface area contributed by atoms with E-state index in [-0.39, 0.29) is 0 Å². The van der Waals surface area contributed by atoms with E-state index in [1.54, 1.807) is 35.2 Å². The topological polar surface area (TPSA) is 37.3 Å². The van der Waals surface area contributed by atoms with Gasteiger partial charge < -0.3 is 5.11 Å². The number of rotatable bonds is 4. The molecular weight excluding hydrogens is 320 g/mol. The zero-order chi connectivity index (χ0) is 12.3. The van der Waals surface area contributed by atoms with Crippen LogP contribution >= 0.6 is 39.0 Å². The average Bonchev–Trinajstić information content (AvgIpc) is 2.73. The molecule has 0 spiro atoms. The lowest BCUT2D eigenvalue weighted by Gasteiger charge is -2.00. The minimum Gasteiger partial charge on any atom is -0.478 e. The number of hydrogen-bond acceptors (Lipinski definition) is 3. The number of aromatic carboxylic acids is 1. The van der Waals surface area contributed by atoms with Crippen molar-refractivity contribution in [1.29, 1.82) is 0 Å². The van der Waals surface area contributed by atoms with Gasteiger partial charge >= 0.3 is 5.97 Å². The number of thioether (sulfide) groups is 1. The quantitative estimate of drug-likeness (QED) is 0.839. The standard InChI is InChI=1S/C12H9BrO2S2/c13-11-5-8(7-17-11)6-16-10-3-1-9(2-4-10)12(14)15/h1-5,7H,6H2,(H,14,15). The molecule has 1 aromatic carbocycles. The molecule has 0 fully saturated rings. The van der Waals surface area contributed by atoms with Crippen LogP contribution in [-0.2, 0) is 5.75 Å². The van der Waals surface area contributed by atoms with Crippen molar-refractivity contribution in [2.24, 2.45) is 0 Å². The van der Waals surface area contributed by atoms with Gasteiger partial charge in [-0.3, -0.25) is 0 Å². The Hall–Kier alpha value is -0.780. The van der Waals surface area contributed by atoms with Crippen molar-refractivity contribution in [3.63, 3.8) is 0 Å². The van der Waals surface area contributed by atoms with E-state index in [1.165, 1.54) is 5.56 Å². The molecule has 0 aliphatic rings. The van der Waals surface area contributed by atoms with Gasteiger partial charge in [0.25, 0.3) is 0 Å². The van der Waals surface area contributed by atoms with Crippen molar-refractivity contribution in [3.05, 3.63) is 50.6 Å². The fourth-order valence-electron chi connectivity index (χ4n) is 1.28. The molecule has 1 N–H and O–H groups in total. The third-order valence-corrected chi connectivity index (χ3v) is 4.76. The number of carbonyl (C=O) groups is 1. The number of halogens is 1. The molecule has 0 radical (unpaired) electrons. The van der Waals surface area contributed by atoms with Crippen molar-refractivity contribution < 1.29 is 9.90 Å². The van der Waals surface area contributed by atoms with E-state index in [0.717, 1.165) is 14.4 Å². The number of hydrogen-bond donors (Lipinski definition) is 1. The van der Waals surface area contributed by atoms with E-state index in [0.29, 0.717) is 5.56 Å². The zero-order valence-electron chi connectivity index (χ0n) is 8.72. The van der Waals surface area contributed by atoms with E-state index in [2.05, 4.69) is 27.4 Å². The summed E-state index contributed by atoms with van der Waals surface area (Å²) in [6.45, 7) is 0. The predicted octanol–water partition coefficient (Wildman–Crippen LogP) is 4.50. The highest BCUT2D eigenvalue weighted by molar-refractivity contribution is 9.11. The Morgan fingerprint density at radius 3 is 2.59 bits per heavy atom. The van der Waals surface area contributed by atoms with Gasteiger partial charge in [-0.15, -0.1) is 23.1 Å². The summed E-state index contributed by atoms with van der Waals surface area (Å²) >= 11 is 6.80. The molecule has 17 heavy (non-hydrogen) atoms. The summed E-state index contributed by atoms with van der Waals surface area (Å²) in [6, 6.07) is 9.05. The molecule has 88 valence electrons. The second-order valence-electron chi connectivity index (χ2n) is 3.38. The Bertz CT molecular complexity index is 520. The SMILES string of the molecule is O=C(O)c1ccc(SCc2csc(Br)c2)cc1. The Kier molecular flexibility index (Phi) is 4.25. The van der Waals surface area contributed by atoms with Crippen LogP contribution in [0.2, 0.25) is 0 Å². The van der Waals surface area contributed by atoms with Crippen LogP contribution in [0, 0.1) is 0 Å². The van der Waals surface area contributed by atoms with Crippen LogP contribution in [0.15, 0.2) is 44.4 Å². The summed E-state index contributed by atoms with van der Waals surface area (Å²) < 4.78 is 1.13. The van der Waals surface area contributed by atoms with Crippen LogP contribution in [0.5, 0.6) is 0 Å². The summed E-state index contributed by atoms with van der Waals surface area (Å²) in [4.78, 5) is 11.8. The molecule has 1 aromatic heterocycles. The Morgan fingerprint density at radius 2 is 2.06 bits per heavy atom. The average molecular weight is 329 g/mol. The first-order chi connectivity index (χ1) is 8.15. The summed E-state index contributed by atoms with van der Waals surface area (Å²) in [5.74, 6) is 0.0115. The highest BCUT2D eigenvalue weighted by atomic mass is 79.9.